The van der Waals surface area contributed by atoms with Gasteiger partial charge < -0.3 is 14.2 Å². The van der Waals surface area contributed by atoms with Crippen LogP contribution < -0.4 is 0 Å². The lowest BCUT2D eigenvalue weighted by Crippen LogP contribution is -2.56. The first kappa shape index (κ1) is 13.5. The van der Waals surface area contributed by atoms with Gasteiger partial charge in [0.2, 0.25) is 0 Å². The van der Waals surface area contributed by atoms with Crippen LogP contribution in [0.1, 0.15) is 6.92 Å². The van der Waals surface area contributed by atoms with E-state index in [1.54, 1.807) is 0 Å². The molecule has 0 aliphatic carbocycles. The molecule has 16 heavy (non-hydrogen) atoms. The van der Waals surface area contributed by atoms with E-state index in [0.717, 1.165) is 0 Å². The van der Waals surface area contributed by atoms with Crippen molar-refractivity contribution < 1.29 is 32.2 Å². The first-order valence-corrected chi connectivity index (χ1v) is 4.94. The van der Waals surface area contributed by atoms with Crippen LogP contribution in [0.25, 0.3) is 0 Å². The molecule has 0 amide bonds. The Balaban J connectivity index is 2.90. The fourth-order valence-electron chi connectivity index (χ4n) is 1.25. The Morgan fingerprint density at radius 2 is 2.00 bits per heavy atom. The summed E-state index contributed by atoms with van der Waals surface area (Å²) >= 11 is 5.41. The van der Waals surface area contributed by atoms with Crippen molar-refractivity contribution in [1.82, 2.24) is 0 Å². The SMILES string of the molecule is CCOC(=O)C(Cl)C1(C(F)(F)F)OCCO1. The van der Waals surface area contributed by atoms with Crippen molar-refractivity contribution in [2.24, 2.45) is 0 Å². The van der Waals surface area contributed by atoms with Crippen molar-refractivity contribution >= 4 is 17.6 Å². The van der Waals surface area contributed by atoms with E-state index in [2.05, 4.69) is 14.2 Å². The summed E-state index contributed by atoms with van der Waals surface area (Å²) in [5.41, 5.74) is 0. The molecule has 1 unspecified atom stereocenters. The second-order valence-corrected chi connectivity index (χ2v) is 3.41. The fraction of sp³-hybridized carbons (Fsp3) is 0.875. The highest BCUT2D eigenvalue weighted by atomic mass is 35.5. The van der Waals surface area contributed by atoms with Gasteiger partial charge in [0, 0.05) is 0 Å². The molecule has 1 saturated heterocycles. The highest BCUT2D eigenvalue weighted by Gasteiger charge is 2.67. The maximum atomic E-state index is 12.7. The van der Waals surface area contributed by atoms with E-state index in [1.807, 2.05) is 0 Å². The van der Waals surface area contributed by atoms with E-state index < -0.39 is 23.3 Å². The van der Waals surface area contributed by atoms with Crippen molar-refractivity contribution in [3.05, 3.63) is 0 Å². The number of halogens is 4. The molecule has 1 rings (SSSR count). The number of ether oxygens (including phenoxy) is 3. The number of alkyl halides is 4. The molecule has 1 aliphatic rings. The molecule has 1 atom stereocenters. The predicted octanol–water partition coefficient (Wildman–Crippen LogP) is 1.46. The number of carbonyl (C=O) groups excluding carboxylic acids is 1. The van der Waals surface area contributed by atoms with Gasteiger partial charge in [0.15, 0.2) is 5.38 Å². The summed E-state index contributed by atoms with van der Waals surface area (Å²) < 4.78 is 51.5. The number of hydrogen-bond acceptors (Lipinski definition) is 4. The van der Waals surface area contributed by atoms with Gasteiger partial charge in [-0.1, -0.05) is 0 Å². The monoisotopic (exact) mass is 262 g/mol. The summed E-state index contributed by atoms with van der Waals surface area (Å²) in [4.78, 5) is 11.2. The lowest BCUT2D eigenvalue weighted by atomic mass is 10.2. The summed E-state index contributed by atoms with van der Waals surface area (Å²) in [5.74, 6) is -4.32. The Morgan fingerprint density at radius 1 is 1.50 bits per heavy atom. The Bertz CT molecular complexity index is 262. The van der Waals surface area contributed by atoms with Gasteiger partial charge in [0.05, 0.1) is 19.8 Å². The zero-order chi connectivity index (χ0) is 12.4. The molecule has 0 saturated carbocycles. The van der Waals surface area contributed by atoms with Gasteiger partial charge in [0.25, 0.3) is 5.79 Å². The van der Waals surface area contributed by atoms with Crippen LogP contribution in [0.2, 0.25) is 0 Å². The van der Waals surface area contributed by atoms with Crippen molar-refractivity contribution in [3.8, 4) is 0 Å². The van der Waals surface area contributed by atoms with Crippen LogP contribution in [0.15, 0.2) is 0 Å². The van der Waals surface area contributed by atoms with Gasteiger partial charge in [-0.25, -0.2) is 0 Å². The second kappa shape index (κ2) is 4.77. The Hall–Kier alpha value is -0.530. The maximum Gasteiger partial charge on any atom is 0.445 e. The van der Waals surface area contributed by atoms with Crippen LogP contribution in [-0.4, -0.2) is 43.1 Å². The van der Waals surface area contributed by atoms with Crippen molar-refractivity contribution in [2.75, 3.05) is 19.8 Å². The van der Waals surface area contributed by atoms with Crippen molar-refractivity contribution in [2.45, 2.75) is 24.3 Å². The summed E-state index contributed by atoms with van der Waals surface area (Å²) in [6.07, 6.45) is -4.90. The van der Waals surface area contributed by atoms with Gasteiger partial charge in [-0.05, 0) is 6.92 Å². The third kappa shape index (κ3) is 2.26. The highest BCUT2D eigenvalue weighted by Crippen LogP contribution is 2.42. The van der Waals surface area contributed by atoms with E-state index in [-0.39, 0.29) is 19.8 Å². The summed E-state index contributed by atoms with van der Waals surface area (Å²) in [6.45, 7) is 0.832. The molecule has 1 fully saturated rings. The molecule has 0 spiro atoms. The van der Waals surface area contributed by atoms with E-state index in [0.29, 0.717) is 0 Å². The highest BCUT2D eigenvalue weighted by molar-refractivity contribution is 6.30. The Kier molecular flexibility index (Phi) is 4.03. The lowest BCUT2D eigenvalue weighted by Gasteiger charge is -2.31. The molecule has 0 radical (unpaired) electrons. The molecule has 94 valence electrons. The van der Waals surface area contributed by atoms with E-state index in [9.17, 15) is 18.0 Å². The zero-order valence-electron chi connectivity index (χ0n) is 8.34. The maximum absolute atomic E-state index is 12.7. The van der Waals surface area contributed by atoms with Gasteiger partial charge in [-0.2, -0.15) is 13.2 Å². The molecular formula is C8H10ClF3O4. The first-order valence-electron chi connectivity index (χ1n) is 4.50. The number of hydrogen-bond donors (Lipinski definition) is 0. The molecule has 0 bridgehead atoms. The minimum atomic E-state index is -4.90. The molecule has 0 aromatic heterocycles. The molecule has 0 aromatic rings. The van der Waals surface area contributed by atoms with Crippen LogP contribution in [0, 0.1) is 0 Å². The standard InChI is InChI=1S/C8H10ClF3O4/c1-2-14-6(13)5(9)7(8(10,11)12)15-3-4-16-7/h5H,2-4H2,1H3. The Labute approximate surface area is 94.6 Å². The van der Waals surface area contributed by atoms with Crippen LogP contribution >= 0.6 is 11.6 Å². The lowest BCUT2D eigenvalue weighted by molar-refractivity contribution is -0.341. The largest absolute Gasteiger partial charge is 0.465 e. The average Bonchev–Trinajstić information content (AvgIpc) is 2.65. The molecule has 4 nitrogen and oxygen atoms in total. The minimum Gasteiger partial charge on any atom is -0.465 e. The second-order valence-electron chi connectivity index (χ2n) is 2.98. The third-order valence-electron chi connectivity index (χ3n) is 1.94. The summed E-state index contributed by atoms with van der Waals surface area (Å²) in [5, 5.41) is -2.07. The smallest absolute Gasteiger partial charge is 0.445 e. The van der Waals surface area contributed by atoms with Gasteiger partial charge in [-0.3, -0.25) is 4.79 Å². The predicted molar refractivity (Wildman–Crippen MR) is 47.0 cm³/mol. The summed E-state index contributed by atoms with van der Waals surface area (Å²) in [7, 11) is 0. The van der Waals surface area contributed by atoms with Crippen LogP contribution in [0.4, 0.5) is 13.2 Å². The van der Waals surface area contributed by atoms with E-state index in [4.69, 9.17) is 11.6 Å². The quantitative estimate of drug-likeness (QED) is 0.571. The van der Waals surface area contributed by atoms with Gasteiger partial charge >= 0.3 is 12.1 Å². The van der Waals surface area contributed by atoms with Gasteiger partial charge in [0.1, 0.15) is 0 Å². The molecular weight excluding hydrogens is 253 g/mol. The topological polar surface area (TPSA) is 44.8 Å². The van der Waals surface area contributed by atoms with Crippen LogP contribution in [0.3, 0.4) is 0 Å². The third-order valence-corrected chi connectivity index (χ3v) is 2.40. The normalized spacial score (nSPS) is 21.8. The molecule has 0 N–H and O–H groups in total. The van der Waals surface area contributed by atoms with Gasteiger partial charge in [-0.15, -0.1) is 11.6 Å². The molecule has 1 heterocycles. The van der Waals surface area contributed by atoms with Crippen molar-refractivity contribution in [3.63, 3.8) is 0 Å². The average molecular weight is 263 g/mol. The van der Waals surface area contributed by atoms with Crippen LogP contribution in [0.5, 0.6) is 0 Å². The summed E-state index contributed by atoms with van der Waals surface area (Å²) in [6, 6.07) is 0. The van der Waals surface area contributed by atoms with E-state index in [1.165, 1.54) is 6.92 Å². The molecule has 8 heteroatoms. The number of carbonyl (C=O) groups is 1. The minimum absolute atomic E-state index is 0.0734. The number of esters is 1. The zero-order valence-corrected chi connectivity index (χ0v) is 9.10. The molecule has 1 aliphatic heterocycles. The molecule has 0 aromatic carbocycles. The fourth-order valence-corrected chi connectivity index (χ4v) is 1.57. The van der Waals surface area contributed by atoms with Crippen LogP contribution in [-0.2, 0) is 19.0 Å². The van der Waals surface area contributed by atoms with E-state index >= 15 is 0 Å². The first-order chi connectivity index (χ1) is 7.35. The Morgan fingerprint density at radius 3 is 2.38 bits per heavy atom. The van der Waals surface area contributed by atoms with Crippen molar-refractivity contribution in [1.29, 1.82) is 0 Å². The number of rotatable bonds is 3.